The summed E-state index contributed by atoms with van der Waals surface area (Å²) >= 11 is 0. The van der Waals surface area contributed by atoms with E-state index < -0.39 is 24.6 Å². The van der Waals surface area contributed by atoms with Gasteiger partial charge in [0.05, 0.1) is 11.4 Å². The number of carboxylic acids is 1. The molecule has 2 amide bonds. The van der Waals surface area contributed by atoms with Gasteiger partial charge in [0.25, 0.3) is 11.8 Å². The van der Waals surface area contributed by atoms with E-state index in [0.29, 0.717) is 28.1 Å². The van der Waals surface area contributed by atoms with Gasteiger partial charge in [-0.05, 0) is 30.3 Å². The Balaban J connectivity index is 1.46. The van der Waals surface area contributed by atoms with Crippen molar-refractivity contribution >= 4 is 40.1 Å². The molecule has 2 heterocycles. The summed E-state index contributed by atoms with van der Waals surface area (Å²) in [5, 5.41) is 12.2. The lowest BCUT2D eigenvalue weighted by Gasteiger charge is -2.20. The van der Waals surface area contributed by atoms with E-state index in [1.54, 1.807) is 31.3 Å². The molecule has 5 rings (SSSR count). The first-order chi connectivity index (χ1) is 17.4. The normalized spacial score (nSPS) is 15.1. The van der Waals surface area contributed by atoms with Crippen molar-refractivity contribution in [2.24, 2.45) is 4.99 Å². The molecule has 3 aromatic carbocycles. The van der Waals surface area contributed by atoms with Crippen LogP contribution in [0.5, 0.6) is 5.75 Å². The summed E-state index contributed by atoms with van der Waals surface area (Å²) in [6.45, 7) is -0.468. The van der Waals surface area contributed by atoms with Gasteiger partial charge in [0.2, 0.25) is 6.17 Å². The summed E-state index contributed by atoms with van der Waals surface area (Å²) in [4.78, 5) is 46.5. The number of hydrogen-bond donors (Lipinski definition) is 3. The van der Waals surface area contributed by atoms with Gasteiger partial charge in [-0.3, -0.25) is 9.59 Å². The maximum atomic E-state index is 13.3. The number of benzodiazepines with no additional fused rings is 1. The molecule has 0 saturated heterocycles. The lowest BCUT2D eigenvalue weighted by atomic mass is 10.0. The van der Waals surface area contributed by atoms with Gasteiger partial charge in [-0.2, -0.15) is 0 Å². The van der Waals surface area contributed by atoms with Gasteiger partial charge in [0.15, 0.2) is 6.61 Å². The summed E-state index contributed by atoms with van der Waals surface area (Å²) in [6.07, 6.45) is -1.15. The standard InChI is InChI=1S/C27H22N4O5/c1-31-22-10-6-5-9-19(22)24(16-7-3-2-4-8-16)29-25(27(31)35)30-26(34)21-14-17-13-18(36-15-23(32)33)11-12-20(17)28-21/h2-14,25,28H,15H2,1H3,(H,30,34)(H,32,33). The number of fused-ring (bicyclic) bond motifs is 2. The van der Waals surface area contributed by atoms with E-state index in [2.05, 4.69) is 10.3 Å². The van der Waals surface area contributed by atoms with Crippen molar-refractivity contribution in [3.8, 4) is 5.75 Å². The molecule has 180 valence electrons. The number of rotatable bonds is 6. The molecule has 0 fully saturated rings. The van der Waals surface area contributed by atoms with Crippen LogP contribution in [-0.4, -0.2) is 53.4 Å². The number of anilines is 1. The molecule has 9 heteroatoms. The van der Waals surface area contributed by atoms with Crippen LogP contribution in [-0.2, 0) is 9.59 Å². The fourth-order valence-electron chi connectivity index (χ4n) is 4.11. The minimum atomic E-state index is -1.15. The molecular formula is C27H22N4O5. The minimum absolute atomic E-state index is 0.231. The van der Waals surface area contributed by atoms with Gasteiger partial charge in [0.1, 0.15) is 11.4 Å². The molecular weight excluding hydrogens is 460 g/mol. The van der Waals surface area contributed by atoms with Crippen molar-refractivity contribution in [2.75, 3.05) is 18.6 Å². The number of aromatic amines is 1. The minimum Gasteiger partial charge on any atom is -0.482 e. The van der Waals surface area contributed by atoms with E-state index in [9.17, 15) is 14.4 Å². The number of nitrogens with one attached hydrogen (secondary N) is 2. The third-order valence-electron chi connectivity index (χ3n) is 5.86. The molecule has 0 saturated carbocycles. The molecule has 4 aromatic rings. The number of benzene rings is 3. The molecule has 1 aromatic heterocycles. The van der Waals surface area contributed by atoms with E-state index in [1.807, 2.05) is 54.6 Å². The quantitative estimate of drug-likeness (QED) is 0.389. The van der Waals surface area contributed by atoms with Crippen LogP contribution in [0.4, 0.5) is 5.69 Å². The number of aromatic nitrogens is 1. The second kappa shape index (κ2) is 9.38. The number of hydrogen-bond acceptors (Lipinski definition) is 5. The zero-order valence-electron chi connectivity index (χ0n) is 19.3. The number of likely N-dealkylation sites (N-methyl/N-ethyl adjacent to an activating group) is 1. The van der Waals surface area contributed by atoms with Crippen molar-refractivity contribution < 1.29 is 24.2 Å². The molecule has 0 bridgehead atoms. The third kappa shape index (κ3) is 4.41. The van der Waals surface area contributed by atoms with E-state index in [-0.39, 0.29) is 11.6 Å². The molecule has 1 unspecified atom stereocenters. The maximum Gasteiger partial charge on any atom is 0.341 e. The summed E-state index contributed by atoms with van der Waals surface area (Å²) in [7, 11) is 1.66. The zero-order chi connectivity index (χ0) is 25.2. The molecule has 0 spiro atoms. The summed E-state index contributed by atoms with van der Waals surface area (Å²) < 4.78 is 5.21. The fourth-order valence-corrected chi connectivity index (χ4v) is 4.11. The van der Waals surface area contributed by atoms with Crippen molar-refractivity contribution in [3.63, 3.8) is 0 Å². The highest BCUT2D eigenvalue weighted by atomic mass is 16.5. The Morgan fingerprint density at radius 3 is 2.58 bits per heavy atom. The van der Waals surface area contributed by atoms with Gasteiger partial charge < -0.3 is 25.0 Å². The number of carboxylic acid groups (broad SMARTS) is 1. The average Bonchev–Trinajstić information content (AvgIpc) is 3.29. The summed E-state index contributed by atoms with van der Waals surface area (Å²) in [6, 6.07) is 23.5. The van der Waals surface area contributed by atoms with Crippen LogP contribution in [0.2, 0.25) is 0 Å². The van der Waals surface area contributed by atoms with Crippen molar-refractivity contribution in [2.45, 2.75) is 6.17 Å². The lowest BCUT2D eigenvalue weighted by Crippen LogP contribution is -2.46. The van der Waals surface area contributed by atoms with Crippen LogP contribution in [0.15, 0.2) is 83.9 Å². The predicted octanol–water partition coefficient (Wildman–Crippen LogP) is 3.20. The van der Waals surface area contributed by atoms with E-state index in [0.717, 1.165) is 11.1 Å². The number of aliphatic carboxylic acids is 1. The highest BCUT2D eigenvalue weighted by Gasteiger charge is 2.31. The Hall–Kier alpha value is -4.92. The number of para-hydroxylation sites is 1. The van der Waals surface area contributed by atoms with Crippen molar-refractivity contribution in [1.29, 1.82) is 0 Å². The molecule has 9 nitrogen and oxygen atoms in total. The Kier molecular flexibility index (Phi) is 5.95. The average molecular weight is 482 g/mol. The van der Waals surface area contributed by atoms with Crippen LogP contribution < -0.4 is 15.0 Å². The highest BCUT2D eigenvalue weighted by molar-refractivity contribution is 6.20. The molecule has 0 radical (unpaired) electrons. The number of carbonyl (C=O) groups is 3. The topological polar surface area (TPSA) is 124 Å². The van der Waals surface area contributed by atoms with E-state index in [1.165, 1.54) is 4.90 Å². The van der Waals surface area contributed by atoms with Crippen LogP contribution in [0.1, 0.15) is 21.6 Å². The fraction of sp³-hybridized carbons (Fsp3) is 0.111. The molecule has 3 N–H and O–H groups in total. The smallest absolute Gasteiger partial charge is 0.341 e. The van der Waals surface area contributed by atoms with Crippen LogP contribution >= 0.6 is 0 Å². The second-order valence-electron chi connectivity index (χ2n) is 8.25. The summed E-state index contributed by atoms with van der Waals surface area (Å²) in [5.41, 5.74) is 3.80. The van der Waals surface area contributed by atoms with Gasteiger partial charge in [-0.15, -0.1) is 0 Å². The number of H-pyrrole nitrogens is 1. The van der Waals surface area contributed by atoms with E-state index in [4.69, 9.17) is 14.8 Å². The molecule has 1 atom stereocenters. The molecule has 1 aliphatic rings. The number of carbonyl (C=O) groups excluding carboxylic acids is 2. The Bertz CT molecular complexity index is 1510. The second-order valence-corrected chi connectivity index (χ2v) is 8.25. The van der Waals surface area contributed by atoms with Gasteiger partial charge in [-0.1, -0.05) is 48.5 Å². The molecule has 1 aliphatic heterocycles. The van der Waals surface area contributed by atoms with Crippen LogP contribution in [0.3, 0.4) is 0 Å². The van der Waals surface area contributed by atoms with Crippen molar-refractivity contribution in [3.05, 3.63) is 95.7 Å². The SMILES string of the molecule is CN1C(=O)C(NC(=O)c2cc3cc(OCC(=O)O)ccc3[nH]2)N=C(c2ccccc2)c2ccccc21. The number of ether oxygens (including phenoxy) is 1. The van der Waals surface area contributed by atoms with Gasteiger partial charge in [0, 0.05) is 29.1 Å². The van der Waals surface area contributed by atoms with E-state index >= 15 is 0 Å². The third-order valence-corrected chi connectivity index (χ3v) is 5.86. The molecule has 36 heavy (non-hydrogen) atoms. The lowest BCUT2D eigenvalue weighted by molar-refractivity contribution is -0.139. The monoisotopic (exact) mass is 482 g/mol. The number of nitrogens with zero attached hydrogens (tertiary/aromatic N) is 2. The Morgan fingerprint density at radius 1 is 1.06 bits per heavy atom. The van der Waals surface area contributed by atoms with Gasteiger partial charge in [-0.25, -0.2) is 9.79 Å². The number of amides is 2. The first-order valence-corrected chi connectivity index (χ1v) is 11.2. The first kappa shape index (κ1) is 22.9. The highest BCUT2D eigenvalue weighted by Crippen LogP contribution is 2.27. The predicted molar refractivity (Wildman–Crippen MR) is 135 cm³/mol. The largest absolute Gasteiger partial charge is 0.482 e. The van der Waals surface area contributed by atoms with Gasteiger partial charge >= 0.3 is 5.97 Å². The van der Waals surface area contributed by atoms with Crippen LogP contribution in [0.25, 0.3) is 10.9 Å². The summed E-state index contributed by atoms with van der Waals surface area (Å²) in [5.74, 6) is -1.60. The molecule has 0 aliphatic carbocycles. The Morgan fingerprint density at radius 2 is 1.81 bits per heavy atom. The first-order valence-electron chi connectivity index (χ1n) is 11.2. The maximum absolute atomic E-state index is 13.3. The van der Waals surface area contributed by atoms with Crippen molar-refractivity contribution in [1.82, 2.24) is 10.3 Å². The Labute approximate surface area is 206 Å². The van der Waals surface area contributed by atoms with Crippen LogP contribution in [0, 0.1) is 0 Å². The number of aliphatic imine (C=N–C) groups is 1. The zero-order valence-corrected chi connectivity index (χ0v) is 19.3.